The molecule has 0 spiro atoms. The van der Waals surface area contributed by atoms with Gasteiger partial charge in [0.1, 0.15) is 0 Å². The Labute approximate surface area is 166 Å². The molecule has 0 saturated carbocycles. The van der Waals surface area contributed by atoms with Gasteiger partial charge in [-0.05, 0) is 42.0 Å². The van der Waals surface area contributed by atoms with Crippen molar-refractivity contribution in [2.24, 2.45) is 11.3 Å². The number of nitrogens with one attached hydrogen (secondary N) is 3. The molecule has 9 heteroatoms. The van der Waals surface area contributed by atoms with Crippen LogP contribution in [0.2, 0.25) is 0 Å². The quantitative estimate of drug-likeness (QED) is 0.541. The second-order valence-corrected chi connectivity index (χ2v) is 8.55. The lowest BCUT2D eigenvalue weighted by molar-refractivity contribution is 0.0903. The second kappa shape index (κ2) is 8.60. The average Bonchev–Trinajstić information content (AvgIpc) is 3.03. The highest BCUT2D eigenvalue weighted by atomic mass is 79.9. The molecular formula is C18H25BrN4O4. The van der Waals surface area contributed by atoms with Crippen LogP contribution in [0, 0.1) is 11.3 Å². The summed E-state index contributed by atoms with van der Waals surface area (Å²) in [5.41, 5.74) is 4.83. The summed E-state index contributed by atoms with van der Waals surface area (Å²) in [6.45, 7) is 6.75. The third kappa shape index (κ3) is 5.59. The molecule has 1 fully saturated rings. The second-order valence-electron chi connectivity index (χ2n) is 7.63. The zero-order chi connectivity index (χ0) is 20.2. The Balaban J connectivity index is 1.85. The Morgan fingerprint density at radius 1 is 1.19 bits per heavy atom. The Morgan fingerprint density at radius 3 is 2.37 bits per heavy atom. The lowest BCUT2D eigenvalue weighted by Gasteiger charge is -2.37. The van der Waals surface area contributed by atoms with Crippen LogP contribution in [0.25, 0.3) is 0 Å². The van der Waals surface area contributed by atoms with E-state index in [0.29, 0.717) is 25.1 Å². The van der Waals surface area contributed by atoms with Crippen LogP contribution in [0.15, 0.2) is 28.7 Å². The summed E-state index contributed by atoms with van der Waals surface area (Å²) in [4.78, 5) is 36.9. The largest absolute Gasteiger partial charge is 0.465 e. The van der Waals surface area contributed by atoms with Crippen LogP contribution in [0.1, 0.15) is 37.6 Å². The highest BCUT2D eigenvalue weighted by Gasteiger charge is 2.43. The van der Waals surface area contributed by atoms with E-state index in [0.717, 1.165) is 4.47 Å². The molecule has 1 unspecified atom stereocenters. The standard InChI is InChI=1S/C18H25BrN4O4/c1-18(2,3)14-12(8-9-23(14)17(26)27)10-20-16(25)22-21-15(24)11-4-6-13(19)7-5-11/h4-7,12,14H,8-10H2,1-3H3,(H,21,24)(H,26,27)(H2,20,22,25)/t12-,14?/m0/s1. The SMILES string of the molecule is CC(C)(C)C1[C@H](CNC(=O)NNC(=O)c2ccc(Br)cc2)CCN1C(=O)O. The Morgan fingerprint density at radius 2 is 1.81 bits per heavy atom. The smallest absolute Gasteiger partial charge is 0.407 e. The van der Waals surface area contributed by atoms with Crippen molar-refractivity contribution >= 4 is 34.0 Å². The van der Waals surface area contributed by atoms with Gasteiger partial charge in [-0.2, -0.15) is 0 Å². The van der Waals surface area contributed by atoms with E-state index in [2.05, 4.69) is 32.1 Å². The van der Waals surface area contributed by atoms with Gasteiger partial charge < -0.3 is 15.3 Å². The zero-order valence-corrected chi connectivity index (χ0v) is 17.2. The summed E-state index contributed by atoms with van der Waals surface area (Å²) >= 11 is 3.29. The van der Waals surface area contributed by atoms with E-state index < -0.39 is 18.0 Å². The summed E-state index contributed by atoms with van der Waals surface area (Å²) in [5.74, 6) is -0.419. The number of hydrogen-bond donors (Lipinski definition) is 4. The van der Waals surface area contributed by atoms with Crippen molar-refractivity contribution in [2.45, 2.75) is 33.2 Å². The lowest BCUT2D eigenvalue weighted by Crippen LogP contribution is -2.51. The zero-order valence-electron chi connectivity index (χ0n) is 15.6. The van der Waals surface area contributed by atoms with Crippen LogP contribution in [0.5, 0.6) is 0 Å². The predicted octanol–water partition coefficient (Wildman–Crippen LogP) is 2.81. The molecule has 27 heavy (non-hydrogen) atoms. The number of hydrogen-bond acceptors (Lipinski definition) is 3. The summed E-state index contributed by atoms with van der Waals surface area (Å²) in [5, 5.41) is 12.1. The number of halogens is 1. The van der Waals surface area contributed by atoms with Crippen LogP contribution >= 0.6 is 15.9 Å². The fourth-order valence-corrected chi connectivity index (χ4v) is 3.78. The van der Waals surface area contributed by atoms with Crippen molar-refractivity contribution in [1.82, 2.24) is 21.1 Å². The van der Waals surface area contributed by atoms with Gasteiger partial charge in [0.05, 0.1) is 0 Å². The Hall–Kier alpha value is -2.29. The molecule has 148 valence electrons. The molecule has 1 aliphatic rings. The predicted molar refractivity (Wildman–Crippen MR) is 104 cm³/mol. The number of rotatable bonds is 3. The third-order valence-corrected chi connectivity index (χ3v) is 5.11. The van der Waals surface area contributed by atoms with E-state index in [9.17, 15) is 19.5 Å². The van der Waals surface area contributed by atoms with Gasteiger partial charge in [0, 0.05) is 29.2 Å². The summed E-state index contributed by atoms with van der Waals surface area (Å²) < 4.78 is 0.852. The number of urea groups is 1. The number of carbonyl (C=O) groups excluding carboxylic acids is 2. The van der Waals surface area contributed by atoms with Crippen molar-refractivity contribution in [3.8, 4) is 0 Å². The molecule has 1 aromatic carbocycles. The molecule has 0 radical (unpaired) electrons. The van der Waals surface area contributed by atoms with Gasteiger partial charge in [0.25, 0.3) is 5.91 Å². The summed E-state index contributed by atoms with van der Waals surface area (Å²) in [6.07, 6.45) is -0.261. The van der Waals surface area contributed by atoms with E-state index in [1.54, 1.807) is 24.3 Å². The van der Waals surface area contributed by atoms with E-state index in [4.69, 9.17) is 0 Å². The highest BCUT2D eigenvalue weighted by molar-refractivity contribution is 9.10. The first-order valence-electron chi connectivity index (χ1n) is 8.69. The van der Waals surface area contributed by atoms with Crippen molar-refractivity contribution < 1.29 is 19.5 Å². The van der Waals surface area contributed by atoms with Gasteiger partial charge in [-0.25, -0.2) is 15.0 Å². The molecule has 0 bridgehead atoms. The number of carboxylic acid groups (broad SMARTS) is 1. The molecule has 1 aromatic rings. The van der Waals surface area contributed by atoms with Crippen molar-refractivity contribution in [3.63, 3.8) is 0 Å². The van der Waals surface area contributed by atoms with Crippen LogP contribution in [0.4, 0.5) is 9.59 Å². The number of carbonyl (C=O) groups is 3. The number of hydrazine groups is 1. The molecule has 0 aliphatic carbocycles. The Kier molecular flexibility index (Phi) is 6.69. The number of amides is 4. The van der Waals surface area contributed by atoms with Gasteiger partial charge in [0.15, 0.2) is 0 Å². The first kappa shape index (κ1) is 21.0. The molecule has 1 saturated heterocycles. The topological polar surface area (TPSA) is 111 Å². The maximum Gasteiger partial charge on any atom is 0.407 e. The van der Waals surface area contributed by atoms with Gasteiger partial charge in [-0.1, -0.05) is 36.7 Å². The van der Waals surface area contributed by atoms with Gasteiger partial charge in [-0.3, -0.25) is 10.2 Å². The fraction of sp³-hybridized carbons (Fsp3) is 0.500. The molecule has 1 aliphatic heterocycles. The number of benzene rings is 1. The highest BCUT2D eigenvalue weighted by Crippen LogP contribution is 2.36. The van der Waals surface area contributed by atoms with E-state index in [-0.39, 0.29) is 17.4 Å². The number of nitrogens with zero attached hydrogens (tertiary/aromatic N) is 1. The van der Waals surface area contributed by atoms with Crippen LogP contribution in [0.3, 0.4) is 0 Å². The molecule has 2 atom stereocenters. The molecule has 1 heterocycles. The third-order valence-electron chi connectivity index (χ3n) is 4.58. The summed E-state index contributed by atoms with van der Waals surface area (Å²) in [7, 11) is 0. The van der Waals surface area contributed by atoms with Crippen molar-refractivity contribution in [1.29, 1.82) is 0 Å². The minimum absolute atomic E-state index is 0.00836. The first-order chi connectivity index (χ1) is 12.6. The normalized spacial score (nSPS) is 19.5. The van der Waals surface area contributed by atoms with Crippen molar-refractivity contribution in [2.75, 3.05) is 13.1 Å². The van der Waals surface area contributed by atoms with Crippen LogP contribution < -0.4 is 16.2 Å². The maximum absolute atomic E-state index is 12.0. The average molecular weight is 441 g/mol. The first-order valence-corrected chi connectivity index (χ1v) is 9.48. The summed E-state index contributed by atoms with van der Waals surface area (Å²) in [6, 6.07) is 6.00. The molecule has 0 aromatic heterocycles. The Bertz CT molecular complexity index is 702. The van der Waals surface area contributed by atoms with E-state index in [1.807, 2.05) is 20.8 Å². The molecule has 2 rings (SSSR count). The lowest BCUT2D eigenvalue weighted by atomic mass is 9.79. The monoisotopic (exact) mass is 440 g/mol. The van der Waals surface area contributed by atoms with E-state index >= 15 is 0 Å². The molecule has 4 amide bonds. The molecule has 4 N–H and O–H groups in total. The van der Waals surface area contributed by atoms with Gasteiger partial charge in [-0.15, -0.1) is 0 Å². The van der Waals surface area contributed by atoms with Crippen LogP contribution in [-0.2, 0) is 0 Å². The van der Waals surface area contributed by atoms with Gasteiger partial charge >= 0.3 is 12.1 Å². The molecule has 8 nitrogen and oxygen atoms in total. The van der Waals surface area contributed by atoms with Gasteiger partial charge in [0.2, 0.25) is 0 Å². The maximum atomic E-state index is 12.0. The minimum atomic E-state index is -0.941. The minimum Gasteiger partial charge on any atom is -0.465 e. The van der Waals surface area contributed by atoms with E-state index in [1.165, 1.54) is 4.90 Å². The van der Waals surface area contributed by atoms with Crippen molar-refractivity contribution in [3.05, 3.63) is 34.3 Å². The number of likely N-dealkylation sites (tertiary alicyclic amines) is 1. The van der Waals surface area contributed by atoms with Crippen LogP contribution in [-0.4, -0.2) is 47.2 Å². The fourth-order valence-electron chi connectivity index (χ4n) is 3.51. The molecular weight excluding hydrogens is 416 g/mol.